The normalized spacial score (nSPS) is 15.1. The third-order valence-corrected chi connectivity index (χ3v) is 7.44. The molecule has 0 atom stereocenters. The molecule has 2 aliphatic rings. The number of hydrogen-bond acceptors (Lipinski definition) is 5. The molecule has 0 N–H and O–H groups in total. The number of anilines is 1. The molecule has 1 fully saturated rings. The Bertz CT molecular complexity index is 1580. The molecule has 2 aliphatic heterocycles. The van der Waals surface area contributed by atoms with Gasteiger partial charge in [-0.05, 0) is 60.0 Å². The van der Waals surface area contributed by atoms with Crippen molar-refractivity contribution in [2.45, 2.75) is 13.5 Å². The third-order valence-electron chi connectivity index (χ3n) is 7.44. The molecule has 3 heterocycles. The van der Waals surface area contributed by atoms with Gasteiger partial charge < -0.3 is 9.80 Å². The summed E-state index contributed by atoms with van der Waals surface area (Å²) in [6.07, 6.45) is 3.30. The van der Waals surface area contributed by atoms with Gasteiger partial charge in [-0.1, -0.05) is 48.0 Å². The van der Waals surface area contributed by atoms with E-state index >= 15 is 0 Å². The lowest BCUT2D eigenvalue weighted by molar-refractivity contribution is 0.0640. The van der Waals surface area contributed by atoms with E-state index in [4.69, 9.17) is 0 Å². The van der Waals surface area contributed by atoms with Gasteiger partial charge in [0, 0.05) is 44.1 Å². The maximum atomic E-state index is 13.4. The average molecular weight is 517 g/mol. The molecule has 39 heavy (non-hydrogen) atoms. The second-order valence-electron chi connectivity index (χ2n) is 9.98. The minimum absolute atomic E-state index is 0.00257. The molecule has 1 saturated heterocycles. The number of piperazine rings is 1. The summed E-state index contributed by atoms with van der Waals surface area (Å²) in [5.74, 6) is -0.568. The number of rotatable bonds is 5. The zero-order valence-electron chi connectivity index (χ0n) is 21.7. The van der Waals surface area contributed by atoms with E-state index in [-0.39, 0.29) is 24.3 Å². The summed E-state index contributed by atoms with van der Waals surface area (Å²) in [5.41, 5.74) is 6.41. The fraction of sp³-hybridized carbons (Fsp3) is 0.188. The molecular weight excluding hydrogens is 488 g/mol. The first kappa shape index (κ1) is 24.6. The Balaban J connectivity index is 1.17. The summed E-state index contributed by atoms with van der Waals surface area (Å²) >= 11 is 0. The molecule has 6 rings (SSSR count). The summed E-state index contributed by atoms with van der Waals surface area (Å²) in [4.78, 5) is 49.2. The molecule has 0 bridgehead atoms. The molecule has 3 aromatic carbocycles. The lowest BCUT2D eigenvalue weighted by Crippen LogP contribution is -2.49. The van der Waals surface area contributed by atoms with Crippen LogP contribution in [0.15, 0.2) is 91.3 Å². The highest BCUT2D eigenvalue weighted by Crippen LogP contribution is 2.33. The number of benzene rings is 3. The average Bonchev–Trinajstić information content (AvgIpc) is 3.22. The number of nitrogens with zero attached hydrogens (tertiary/aromatic N) is 4. The number of imide groups is 1. The molecule has 3 amide bonds. The van der Waals surface area contributed by atoms with E-state index < -0.39 is 0 Å². The fourth-order valence-electron chi connectivity index (χ4n) is 5.38. The first-order valence-electron chi connectivity index (χ1n) is 13.1. The summed E-state index contributed by atoms with van der Waals surface area (Å²) in [7, 11) is 0. The van der Waals surface area contributed by atoms with Crippen molar-refractivity contribution in [3.8, 4) is 11.1 Å². The van der Waals surface area contributed by atoms with Crippen LogP contribution < -0.4 is 4.90 Å². The van der Waals surface area contributed by atoms with Crippen molar-refractivity contribution < 1.29 is 14.4 Å². The first-order chi connectivity index (χ1) is 19.0. The topological polar surface area (TPSA) is 73.8 Å². The van der Waals surface area contributed by atoms with Crippen LogP contribution in [0.5, 0.6) is 0 Å². The quantitative estimate of drug-likeness (QED) is 0.356. The van der Waals surface area contributed by atoms with Gasteiger partial charge in [-0.2, -0.15) is 0 Å². The maximum Gasteiger partial charge on any atom is 0.263 e. The SMILES string of the molecule is Cc1cccc(-c2cccc(C(=O)N3CCN(c4cccc5c4C(=O)N(Cc4ccncc4)C5=O)CC3)c2)c1. The van der Waals surface area contributed by atoms with Crippen LogP contribution in [-0.4, -0.2) is 58.7 Å². The van der Waals surface area contributed by atoms with Crippen molar-refractivity contribution in [3.05, 3.63) is 119 Å². The van der Waals surface area contributed by atoms with E-state index in [1.165, 1.54) is 10.5 Å². The minimum atomic E-state index is -0.283. The zero-order chi connectivity index (χ0) is 26.9. The highest BCUT2D eigenvalue weighted by molar-refractivity contribution is 6.23. The Morgan fingerprint density at radius 2 is 1.49 bits per heavy atom. The van der Waals surface area contributed by atoms with Crippen molar-refractivity contribution >= 4 is 23.4 Å². The molecule has 7 nitrogen and oxygen atoms in total. The number of carbonyl (C=O) groups excluding carboxylic acids is 3. The van der Waals surface area contributed by atoms with Gasteiger partial charge in [-0.25, -0.2) is 0 Å². The summed E-state index contributed by atoms with van der Waals surface area (Å²) < 4.78 is 0. The van der Waals surface area contributed by atoms with Gasteiger partial charge in [0.15, 0.2) is 0 Å². The molecule has 4 aromatic rings. The monoisotopic (exact) mass is 516 g/mol. The first-order valence-corrected chi connectivity index (χ1v) is 13.1. The van der Waals surface area contributed by atoms with Crippen molar-refractivity contribution in [2.75, 3.05) is 31.1 Å². The molecule has 0 radical (unpaired) electrons. The summed E-state index contributed by atoms with van der Waals surface area (Å²) in [6, 6.07) is 25.0. The van der Waals surface area contributed by atoms with Crippen molar-refractivity contribution in [1.29, 1.82) is 0 Å². The summed E-state index contributed by atoms with van der Waals surface area (Å²) in [5, 5.41) is 0. The standard InChI is InChI=1S/C32H28N4O3/c1-22-5-2-6-24(19-22)25-7-3-8-26(20-25)30(37)35-17-15-34(16-18-35)28-10-4-9-27-29(28)32(39)36(31(27)38)21-23-11-13-33-14-12-23/h2-14,19-20H,15-18,21H2,1H3. The Kier molecular flexibility index (Phi) is 6.40. The van der Waals surface area contributed by atoms with Crippen LogP contribution in [-0.2, 0) is 6.54 Å². The third kappa shape index (κ3) is 4.68. The van der Waals surface area contributed by atoms with Crippen LogP contribution in [0.25, 0.3) is 11.1 Å². The Morgan fingerprint density at radius 3 is 2.23 bits per heavy atom. The number of hydrogen-bond donors (Lipinski definition) is 0. The van der Waals surface area contributed by atoms with Crippen LogP contribution in [0, 0.1) is 6.92 Å². The van der Waals surface area contributed by atoms with Gasteiger partial charge in [0.05, 0.1) is 23.4 Å². The van der Waals surface area contributed by atoms with E-state index in [1.54, 1.807) is 30.6 Å². The van der Waals surface area contributed by atoms with Gasteiger partial charge in [-0.3, -0.25) is 24.3 Å². The van der Waals surface area contributed by atoms with E-state index in [2.05, 4.69) is 35.0 Å². The largest absolute Gasteiger partial charge is 0.367 e. The van der Waals surface area contributed by atoms with Crippen molar-refractivity contribution in [2.24, 2.45) is 0 Å². The van der Waals surface area contributed by atoms with Crippen molar-refractivity contribution in [3.63, 3.8) is 0 Å². The fourth-order valence-corrected chi connectivity index (χ4v) is 5.38. The second kappa shape index (κ2) is 10.2. The van der Waals surface area contributed by atoms with Gasteiger partial charge >= 0.3 is 0 Å². The number of pyridine rings is 1. The lowest BCUT2D eigenvalue weighted by atomic mass is 10.0. The Hall–Kier alpha value is -4.78. The molecule has 0 unspecified atom stereocenters. The number of aryl methyl sites for hydroxylation is 1. The molecule has 194 valence electrons. The van der Waals surface area contributed by atoms with Crippen LogP contribution >= 0.6 is 0 Å². The van der Waals surface area contributed by atoms with Crippen LogP contribution in [0.3, 0.4) is 0 Å². The van der Waals surface area contributed by atoms with E-state index in [0.29, 0.717) is 42.9 Å². The number of aromatic nitrogens is 1. The Morgan fingerprint density at radius 1 is 0.795 bits per heavy atom. The highest BCUT2D eigenvalue weighted by atomic mass is 16.2. The van der Waals surface area contributed by atoms with Gasteiger partial charge in [0.2, 0.25) is 0 Å². The van der Waals surface area contributed by atoms with Crippen LogP contribution in [0.4, 0.5) is 5.69 Å². The van der Waals surface area contributed by atoms with E-state index in [1.807, 2.05) is 47.4 Å². The molecule has 7 heteroatoms. The van der Waals surface area contributed by atoms with Gasteiger partial charge in [-0.15, -0.1) is 0 Å². The van der Waals surface area contributed by atoms with Gasteiger partial charge in [0.1, 0.15) is 0 Å². The molecular formula is C32H28N4O3. The Labute approximate surface area is 227 Å². The predicted octanol–water partition coefficient (Wildman–Crippen LogP) is 4.82. The van der Waals surface area contributed by atoms with Crippen LogP contribution in [0.2, 0.25) is 0 Å². The highest BCUT2D eigenvalue weighted by Gasteiger charge is 2.39. The smallest absolute Gasteiger partial charge is 0.263 e. The molecule has 1 aromatic heterocycles. The maximum absolute atomic E-state index is 13.4. The predicted molar refractivity (Wildman–Crippen MR) is 150 cm³/mol. The van der Waals surface area contributed by atoms with Crippen molar-refractivity contribution in [1.82, 2.24) is 14.8 Å². The number of amides is 3. The van der Waals surface area contributed by atoms with E-state index in [0.717, 1.165) is 22.4 Å². The second-order valence-corrected chi connectivity index (χ2v) is 9.98. The zero-order valence-corrected chi connectivity index (χ0v) is 21.7. The van der Waals surface area contributed by atoms with Gasteiger partial charge in [0.25, 0.3) is 17.7 Å². The number of fused-ring (bicyclic) bond motifs is 1. The van der Waals surface area contributed by atoms with Crippen LogP contribution in [0.1, 0.15) is 42.2 Å². The summed E-state index contributed by atoms with van der Waals surface area (Å²) in [6.45, 7) is 4.47. The number of carbonyl (C=O) groups is 3. The molecule has 0 aliphatic carbocycles. The molecule has 0 saturated carbocycles. The van der Waals surface area contributed by atoms with E-state index in [9.17, 15) is 14.4 Å². The lowest BCUT2D eigenvalue weighted by Gasteiger charge is -2.36. The molecule has 0 spiro atoms. The minimum Gasteiger partial charge on any atom is -0.367 e.